The van der Waals surface area contributed by atoms with Crippen molar-refractivity contribution in [2.24, 2.45) is 0 Å². The van der Waals surface area contributed by atoms with E-state index in [1.54, 1.807) is 28.4 Å². The van der Waals surface area contributed by atoms with Gasteiger partial charge in [-0.1, -0.05) is 5.92 Å². The summed E-state index contributed by atoms with van der Waals surface area (Å²) < 4.78 is 15.8. The average Bonchev–Trinajstić information content (AvgIpc) is 2.38. The van der Waals surface area contributed by atoms with Gasteiger partial charge in [-0.15, -0.1) is 6.42 Å². The Bertz CT molecular complexity index is 398. The van der Waals surface area contributed by atoms with Crippen LogP contribution < -0.4 is 19.5 Å². The molecular formula is C13H17NO3. The lowest BCUT2D eigenvalue weighted by molar-refractivity contribution is 0.323. The van der Waals surface area contributed by atoms with E-state index in [4.69, 9.17) is 20.6 Å². The van der Waals surface area contributed by atoms with Crippen LogP contribution in [-0.4, -0.2) is 28.4 Å². The minimum Gasteiger partial charge on any atom is -0.493 e. The molecular weight excluding hydrogens is 218 g/mol. The number of ether oxygens (including phenoxy) is 3. The second-order valence-electron chi connectivity index (χ2n) is 3.35. The monoisotopic (exact) mass is 235 g/mol. The molecule has 1 N–H and O–H groups in total. The normalized spacial score (nSPS) is 11.5. The highest BCUT2D eigenvalue weighted by atomic mass is 16.5. The van der Waals surface area contributed by atoms with Crippen molar-refractivity contribution in [2.45, 2.75) is 6.04 Å². The molecule has 0 fully saturated rings. The van der Waals surface area contributed by atoms with Crippen LogP contribution in [0, 0.1) is 12.3 Å². The zero-order valence-corrected chi connectivity index (χ0v) is 10.5. The third-order valence-electron chi connectivity index (χ3n) is 2.48. The van der Waals surface area contributed by atoms with E-state index in [-0.39, 0.29) is 6.04 Å². The van der Waals surface area contributed by atoms with Crippen molar-refractivity contribution in [1.82, 2.24) is 5.32 Å². The van der Waals surface area contributed by atoms with Crippen LogP contribution >= 0.6 is 0 Å². The van der Waals surface area contributed by atoms with Crippen LogP contribution in [0.15, 0.2) is 12.1 Å². The van der Waals surface area contributed by atoms with E-state index >= 15 is 0 Å². The van der Waals surface area contributed by atoms with E-state index in [1.807, 2.05) is 12.1 Å². The van der Waals surface area contributed by atoms with Gasteiger partial charge in [-0.05, 0) is 24.7 Å². The summed E-state index contributed by atoms with van der Waals surface area (Å²) in [6.07, 6.45) is 5.44. The number of terminal acetylenes is 1. The van der Waals surface area contributed by atoms with Crippen molar-refractivity contribution in [1.29, 1.82) is 0 Å². The summed E-state index contributed by atoms with van der Waals surface area (Å²) in [5, 5.41) is 3.02. The zero-order chi connectivity index (χ0) is 12.8. The van der Waals surface area contributed by atoms with E-state index in [2.05, 4.69) is 11.2 Å². The van der Waals surface area contributed by atoms with Crippen molar-refractivity contribution in [3.05, 3.63) is 17.7 Å². The maximum Gasteiger partial charge on any atom is 0.203 e. The SMILES string of the molecule is C#CC(NC)c1cc(OC)c(OC)c(OC)c1. The summed E-state index contributed by atoms with van der Waals surface area (Å²) in [5.74, 6) is 4.40. The van der Waals surface area contributed by atoms with Gasteiger partial charge in [0, 0.05) is 0 Å². The molecule has 1 aromatic carbocycles. The molecule has 17 heavy (non-hydrogen) atoms. The van der Waals surface area contributed by atoms with Crippen LogP contribution in [0.3, 0.4) is 0 Å². The molecule has 0 aliphatic rings. The Morgan fingerprint density at radius 1 is 1.12 bits per heavy atom. The Morgan fingerprint density at radius 2 is 1.65 bits per heavy atom. The quantitative estimate of drug-likeness (QED) is 0.787. The number of benzene rings is 1. The van der Waals surface area contributed by atoms with Crippen LogP contribution in [-0.2, 0) is 0 Å². The molecule has 92 valence electrons. The highest BCUT2D eigenvalue weighted by Crippen LogP contribution is 2.39. The maximum absolute atomic E-state index is 5.44. The Kier molecular flexibility index (Phi) is 4.68. The van der Waals surface area contributed by atoms with Crippen LogP contribution in [0.4, 0.5) is 0 Å². The lowest BCUT2D eigenvalue weighted by Crippen LogP contribution is -2.14. The fourth-order valence-electron chi connectivity index (χ4n) is 1.61. The highest BCUT2D eigenvalue weighted by Gasteiger charge is 2.16. The van der Waals surface area contributed by atoms with Crippen molar-refractivity contribution in [2.75, 3.05) is 28.4 Å². The molecule has 0 aromatic heterocycles. The molecule has 0 saturated heterocycles. The summed E-state index contributed by atoms with van der Waals surface area (Å²) in [7, 11) is 6.52. The molecule has 0 heterocycles. The topological polar surface area (TPSA) is 39.7 Å². The van der Waals surface area contributed by atoms with Gasteiger partial charge < -0.3 is 19.5 Å². The number of rotatable bonds is 5. The smallest absolute Gasteiger partial charge is 0.203 e. The molecule has 0 bridgehead atoms. The lowest BCUT2D eigenvalue weighted by Gasteiger charge is -2.16. The first-order chi connectivity index (χ1) is 8.21. The molecule has 0 saturated carbocycles. The van der Waals surface area contributed by atoms with Gasteiger partial charge in [0.1, 0.15) is 0 Å². The summed E-state index contributed by atoms with van der Waals surface area (Å²) in [4.78, 5) is 0. The molecule has 4 nitrogen and oxygen atoms in total. The van der Waals surface area contributed by atoms with Gasteiger partial charge in [0.05, 0.1) is 27.4 Å². The minimum atomic E-state index is -0.191. The summed E-state index contributed by atoms with van der Waals surface area (Å²) in [6, 6.07) is 3.48. The summed E-state index contributed by atoms with van der Waals surface area (Å²) in [5.41, 5.74) is 0.893. The summed E-state index contributed by atoms with van der Waals surface area (Å²) >= 11 is 0. The van der Waals surface area contributed by atoms with Gasteiger partial charge in [-0.3, -0.25) is 0 Å². The zero-order valence-electron chi connectivity index (χ0n) is 10.5. The summed E-state index contributed by atoms with van der Waals surface area (Å²) in [6.45, 7) is 0. The van der Waals surface area contributed by atoms with E-state index in [9.17, 15) is 0 Å². The number of nitrogens with one attached hydrogen (secondary N) is 1. The Hall–Kier alpha value is -1.86. The van der Waals surface area contributed by atoms with Crippen molar-refractivity contribution in [3.8, 4) is 29.6 Å². The second-order valence-corrected chi connectivity index (χ2v) is 3.35. The molecule has 1 rings (SSSR count). The fourth-order valence-corrected chi connectivity index (χ4v) is 1.61. The van der Waals surface area contributed by atoms with Crippen LogP contribution in [0.1, 0.15) is 11.6 Å². The van der Waals surface area contributed by atoms with Crippen LogP contribution in [0.5, 0.6) is 17.2 Å². The average molecular weight is 235 g/mol. The Labute approximate surface area is 102 Å². The first kappa shape index (κ1) is 13.2. The first-order valence-electron chi connectivity index (χ1n) is 5.15. The minimum absolute atomic E-state index is 0.191. The molecule has 0 amide bonds. The van der Waals surface area contributed by atoms with Gasteiger partial charge in [0.25, 0.3) is 0 Å². The Balaban J connectivity index is 3.32. The van der Waals surface area contributed by atoms with Gasteiger partial charge >= 0.3 is 0 Å². The third-order valence-corrected chi connectivity index (χ3v) is 2.48. The highest BCUT2D eigenvalue weighted by molar-refractivity contribution is 5.55. The van der Waals surface area contributed by atoms with Crippen LogP contribution in [0.25, 0.3) is 0 Å². The molecule has 1 atom stereocenters. The molecule has 1 unspecified atom stereocenters. The van der Waals surface area contributed by atoms with Crippen molar-refractivity contribution in [3.63, 3.8) is 0 Å². The number of methoxy groups -OCH3 is 3. The lowest BCUT2D eigenvalue weighted by atomic mass is 10.1. The van der Waals surface area contributed by atoms with E-state index in [1.165, 1.54) is 0 Å². The first-order valence-corrected chi connectivity index (χ1v) is 5.15. The molecule has 1 aromatic rings. The maximum atomic E-state index is 5.44. The molecule has 0 spiro atoms. The predicted molar refractivity (Wildman–Crippen MR) is 66.7 cm³/mol. The second kappa shape index (κ2) is 6.02. The van der Waals surface area contributed by atoms with E-state index < -0.39 is 0 Å². The largest absolute Gasteiger partial charge is 0.493 e. The molecule has 0 radical (unpaired) electrons. The van der Waals surface area contributed by atoms with Gasteiger partial charge in [0.15, 0.2) is 11.5 Å². The van der Waals surface area contributed by atoms with Gasteiger partial charge in [0.2, 0.25) is 5.75 Å². The third kappa shape index (κ3) is 2.63. The van der Waals surface area contributed by atoms with Crippen molar-refractivity contribution >= 4 is 0 Å². The number of hydrogen-bond acceptors (Lipinski definition) is 4. The standard InChI is InChI=1S/C13H17NO3/c1-6-10(14-2)9-7-11(15-3)13(17-5)12(8-9)16-4/h1,7-8,10,14H,2-5H3. The van der Waals surface area contributed by atoms with E-state index in [0.717, 1.165) is 5.56 Å². The van der Waals surface area contributed by atoms with Crippen molar-refractivity contribution < 1.29 is 14.2 Å². The Morgan fingerprint density at radius 3 is 1.94 bits per heavy atom. The molecule has 4 heteroatoms. The van der Waals surface area contributed by atoms with E-state index in [0.29, 0.717) is 17.2 Å². The molecule has 0 aliphatic carbocycles. The predicted octanol–water partition coefficient (Wildman–Crippen LogP) is 1.61. The van der Waals surface area contributed by atoms with Crippen LogP contribution in [0.2, 0.25) is 0 Å². The molecule has 0 aliphatic heterocycles. The van der Waals surface area contributed by atoms with Gasteiger partial charge in [-0.2, -0.15) is 0 Å². The fraction of sp³-hybridized carbons (Fsp3) is 0.385. The number of hydrogen-bond donors (Lipinski definition) is 1. The van der Waals surface area contributed by atoms with Gasteiger partial charge in [-0.25, -0.2) is 0 Å².